The van der Waals surface area contributed by atoms with E-state index in [0.29, 0.717) is 25.3 Å². The molecule has 2 aliphatic rings. The van der Waals surface area contributed by atoms with E-state index in [0.717, 1.165) is 48.4 Å². The summed E-state index contributed by atoms with van der Waals surface area (Å²) in [7, 11) is 0. The molecule has 2 amide bonds. The minimum absolute atomic E-state index is 0.102. The molecule has 5 rings (SSSR count). The van der Waals surface area contributed by atoms with Gasteiger partial charge in [-0.2, -0.15) is 0 Å². The quantitative estimate of drug-likeness (QED) is 0.628. The summed E-state index contributed by atoms with van der Waals surface area (Å²) in [4.78, 5) is 36.6. The minimum atomic E-state index is -0.282. The third-order valence-corrected chi connectivity index (χ3v) is 6.63. The Morgan fingerprint density at radius 2 is 1.85 bits per heavy atom. The Balaban J connectivity index is 1.27. The molecule has 1 aromatic carbocycles. The van der Waals surface area contributed by atoms with Crippen LogP contribution in [0.2, 0.25) is 0 Å². The van der Waals surface area contributed by atoms with E-state index in [4.69, 9.17) is 9.72 Å². The van der Waals surface area contributed by atoms with Crippen molar-refractivity contribution in [1.29, 1.82) is 0 Å². The van der Waals surface area contributed by atoms with Gasteiger partial charge in [-0.15, -0.1) is 0 Å². The molecule has 0 bridgehead atoms. The summed E-state index contributed by atoms with van der Waals surface area (Å²) in [5, 5.41) is 3.01. The highest BCUT2D eigenvalue weighted by Crippen LogP contribution is 2.31. The van der Waals surface area contributed by atoms with Gasteiger partial charge in [0.25, 0.3) is 11.8 Å². The van der Waals surface area contributed by atoms with Gasteiger partial charge < -0.3 is 19.5 Å². The molecule has 2 fully saturated rings. The molecule has 2 saturated heterocycles. The highest BCUT2D eigenvalue weighted by molar-refractivity contribution is 6.05. The van der Waals surface area contributed by atoms with E-state index in [1.165, 1.54) is 0 Å². The molecular weight excluding hydrogens is 430 g/mol. The number of amides is 2. The van der Waals surface area contributed by atoms with Crippen molar-refractivity contribution in [3.8, 4) is 5.69 Å². The second-order valence-corrected chi connectivity index (χ2v) is 8.96. The molecule has 0 radical (unpaired) electrons. The van der Waals surface area contributed by atoms with Gasteiger partial charge in [0.05, 0.1) is 17.6 Å². The topological polar surface area (TPSA) is 89.4 Å². The van der Waals surface area contributed by atoms with E-state index in [1.807, 2.05) is 59.0 Å². The van der Waals surface area contributed by atoms with E-state index in [1.54, 1.807) is 12.5 Å². The number of anilines is 1. The second-order valence-electron chi connectivity index (χ2n) is 8.96. The number of nitrogens with one attached hydrogen (secondary N) is 1. The smallest absolute Gasteiger partial charge is 0.257 e. The lowest BCUT2D eigenvalue weighted by molar-refractivity contribution is -0.142. The van der Waals surface area contributed by atoms with E-state index >= 15 is 0 Å². The number of piperidine rings is 1. The molecule has 34 heavy (non-hydrogen) atoms. The Hall–Kier alpha value is -3.52. The molecule has 1 atom stereocenters. The zero-order valence-electron chi connectivity index (χ0n) is 19.3. The summed E-state index contributed by atoms with van der Waals surface area (Å²) >= 11 is 0. The normalized spacial score (nSPS) is 18.7. The van der Waals surface area contributed by atoms with Crippen molar-refractivity contribution in [3.05, 3.63) is 72.1 Å². The summed E-state index contributed by atoms with van der Waals surface area (Å²) in [6.45, 7) is 3.94. The molecular formula is C26H29N5O3. The number of carbonyl (C=O) groups is 2. The van der Waals surface area contributed by atoms with E-state index in [9.17, 15) is 9.59 Å². The highest BCUT2D eigenvalue weighted by atomic mass is 16.5. The molecule has 4 heterocycles. The SMILES string of the molecule is Cc1ccc(C(=O)Nc2ccc(-n3ccnc3)cc2)c(C2CCN(C(=O)C3CCCO3)CC2)n1. The van der Waals surface area contributed by atoms with Crippen LogP contribution < -0.4 is 5.32 Å². The third-order valence-electron chi connectivity index (χ3n) is 6.63. The van der Waals surface area contributed by atoms with Gasteiger partial charge in [-0.05, 0) is 69.0 Å². The molecule has 0 saturated carbocycles. The number of likely N-dealkylation sites (tertiary alicyclic amines) is 1. The molecule has 8 nitrogen and oxygen atoms in total. The number of hydrogen-bond acceptors (Lipinski definition) is 5. The van der Waals surface area contributed by atoms with Crippen LogP contribution in [-0.2, 0) is 9.53 Å². The Kier molecular flexibility index (Phi) is 6.40. The van der Waals surface area contributed by atoms with Gasteiger partial charge in [0.2, 0.25) is 0 Å². The minimum Gasteiger partial charge on any atom is -0.368 e. The van der Waals surface area contributed by atoms with Crippen LogP contribution >= 0.6 is 0 Å². The molecule has 2 aromatic heterocycles. The zero-order valence-corrected chi connectivity index (χ0v) is 19.3. The molecule has 8 heteroatoms. The summed E-state index contributed by atoms with van der Waals surface area (Å²) in [6, 6.07) is 11.4. The number of nitrogens with zero attached hydrogens (tertiary/aromatic N) is 4. The number of carbonyl (C=O) groups excluding carboxylic acids is 2. The van der Waals surface area contributed by atoms with Crippen molar-refractivity contribution >= 4 is 17.5 Å². The first-order chi connectivity index (χ1) is 16.6. The monoisotopic (exact) mass is 459 g/mol. The summed E-state index contributed by atoms with van der Waals surface area (Å²) in [5.41, 5.74) is 3.98. The van der Waals surface area contributed by atoms with Crippen LogP contribution in [0.1, 0.15) is 53.3 Å². The predicted octanol–water partition coefficient (Wildman–Crippen LogP) is 3.71. The van der Waals surface area contributed by atoms with Gasteiger partial charge in [-0.3, -0.25) is 14.6 Å². The molecule has 0 spiro atoms. The molecule has 3 aromatic rings. The summed E-state index contributed by atoms with van der Waals surface area (Å²) in [5.74, 6) is 0.0683. The number of pyridine rings is 1. The van der Waals surface area contributed by atoms with Crippen molar-refractivity contribution in [1.82, 2.24) is 19.4 Å². The van der Waals surface area contributed by atoms with Crippen molar-refractivity contribution in [2.75, 3.05) is 25.0 Å². The maximum Gasteiger partial charge on any atom is 0.257 e. The van der Waals surface area contributed by atoms with Crippen LogP contribution in [0.5, 0.6) is 0 Å². The van der Waals surface area contributed by atoms with Crippen molar-refractivity contribution in [3.63, 3.8) is 0 Å². The fourth-order valence-electron chi connectivity index (χ4n) is 4.76. The third kappa shape index (κ3) is 4.72. The van der Waals surface area contributed by atoms with Crippen LogP contribution in [0.25, 0.3) is 5.69 Å². The number of imidazole rings is 1. The van der Waals surface area contributed by atoms with Crippen LogP contribution in [-0.4, -0.2) is 57.0 Å². The van der Waals surface area contributed by atoms with E-state index < -0.39 is 0 Å². The maximum absolute atomic E-state index is 13.2. The van der Waals surface area contributed by atoms with Crippen LogP contribution in [0.3, 0.4) is 0 Å². The molecule has 1 unspecified atom stereocenters. The number of rotatable bonds is 5. The van der Waals surface area contributed by atoms with Gasteiger partial charge in [0.15, 0.2) is 0 Å². The lowest BCUT2D eigenvalue weighted by Crippen LogP contribution is -2.43. The van der Waals surface area contributed by atoms with Crippen molar-refractivity contribution in [2.45, 2.75) is 44.6 Å². The van der Waals surface area contributed by atoms with Crippen LogP contribution in [0, 0.1) is 6.92 Å². The largest absolute Gasteiger partial charge is 0.368 e. The number of benzene rings is 1. The number of hydrogen-bond donors (Lipinski definition) is 1. The first-order valence-electron chi connectivity index (χ1n) is 11.9. The average molecular weight is 460 g/mol. The van der Waals surface area contributed by atoms with Gasteiger partial charge >= 0.3 is 0 Å². The predicted molar refractivity (Wildman–Crippen MR) is 128 cm³/mol. The fraction of sp³-hybridized carbons (Fsp3) is 0.385. The second kappa shape index (κ2) is 9.77. The molecule has 2 aliphatic heterocycles. The Morgan fingerprint density at radius 1 is 1.06 bits per heavy atom. The maximum atomic E-state index is 13.2. The Bertz CT molecular complexity index is 1150. The fourth-order valence-corrected chi connectivity index (χ4v) is 4.76. The highest BCUT2D eigenvalue weighted by Gasteiger charge is 2.32. The first kappa shape index (κ1) is 22.3. The van der Waals surface area contributed by atoms with Crippen LogP contribution in [0.15, 0.2) is 55.1 Å². The van der Waals surface area contributed by atoms with Gasteiger partial charge in [0, 0.05) is 55.1 Å². The zero-order chi connectivity index (χ0) is 23.5. The standard InChI is InChI=1S/C26H29N5O3/c1-18-4-9-22(25(32)29-20-5-7-21(8-6-20)31-15-12-27-17-31)24(28-18)19-10-13-30(14-11-19)26(33)23-3-2-16-34-23/h4-9,12,15,17,19,23H,2-3,10-11,13-14,16H2,1H3,(H,29,32). The van der Waals surface area contributed by atoms with E-state index in [2.05, 4.69) is 10.3 Å². The van der Waals surface area contributed by atoms with Gasteiger partial charge in [0.1, 0.15) is 6.10 Å². The summed E-state index contributed by atoms with van der Waals surface area (Å²) < 4.78 is 7.48. The number of aromatic nitrogens is 3. The van der Waals surface area contributed by atoms with Crippen molar-refractivity contribution < 1.29 is 14.3 Å². The van der Waals surface area contributed by atoms with Crippen LogP contribution in [0.4, 0.5) is 5.69 Å². The Morgan fingerprint density at radius 3 is 2.53 bits per heavy atom. The Labute approximate surface area is 199 Å². The summed E-state index contributed by atoms with van der Waals surface area (Å²) in [6.07, 6.45) is 8.38. The lowest BCUT2D eigenvalue weighted by atomic mass is 9.89. The molecule has 176 valence electrons. The average Bonchev–Trinajstić information content (AvgIpc) is 3.59. The first-order valence-corrected chi connectivity index (χ1v) is 11.9. The number of ether oxygens (including phenoxy) is 1. The van der Waals surface area contributed by atoms with E-state index in [-0.39, 0.29) is 23.8 Å². The van der Waals surface area contributed by atoms with Gasteiger partial charge in [-0.25, -0.2) is 4.98 Å². The molecule has 0 aliphatic carbocycles. The number of aryl methyl sites for hydroxylation is 1. The van der Waals surface area contributed by atoms with Gasteiger partial charge in [-0.1, -0.05) is 0 Å². The lowest BCUT2D eigenvalue weighted by Gasteiger charge is -2.33. The molecule has 1 N–H and O–H groups in total. The van der Waals surface area contributed by atoms with Crippen molar-refractivity contribution in [2.24, 2.45) is 0 Å².